The van der Waals surface area contributed by atoms with Gasteiger partial charge in [0.15, 0.2) is 0 Å². The molecule has 0 aromatic heterocycles. The Bertz CT molecular complexity index is 1040. The van der Waals surface area contributed by atoms with Gasteiger partial charge in [-0.1, -0.05) is 60.1 Å². The van der Waals surface area contributed by atoms with E-state index < -0.39 is 12.1 Å². The number of carbonyl (C=O) groups is 1. The molecule has 0 saturated heterocycles. The van der Waals surface area contributed by atoms with E-state index in [1.165, 1.54) is 6.07 Å². The average molecular weight is 475 g/mol. The topological polar surface area (TPSA) is 29.5 Å². The highest BCUT2D eigenvalue weighted by Gasteiger charge is 2.36. The SMILES string of the molecule is O=C(OCc1ccccc1)N1c2c(Br)cc(Cl)cc2CCC1c1ccccc1F. The second-order valence-corrected chi connectivity index (χ2v) is 8.17. The summed E-state index contributed by atoms with van der Waals surface area (Å²) < 4.78 is 20.9. The molecule has 148 valence electrons. The van der Waals surface area contributed by atoms with Crippen LogP contribution in [0.15, 0.2) is 71.2 Å². The third-order valence-corrected chi connectivity index (χ3v) is 5.84. The lowest BCUT2D eigenvalue weighted by atomic mass is 9.91. The minimum absolute atomic E-state index is 0.140. The summed E-state index contributed by atoms with van der Waals surface area (Å²) in [5, 5.41) is 0.581. The van der Waals surface area contributed by atoms with Gasteiger partial charge in [-0.15, -0.1) is 0 Å². The third kappa shape index (κ3) is 4.16. The van der Waals surface area contributed by atoms with Crippen LogP contribution < -0.4 is 4.90 Å². The van der Waals surface area contributed by atoms with Gasteiger partial charge in [-0.25, -0.2) is 9.18 Å². The number of hydrogen-bond donors (Lipinski definition) is 0. The molecule has 1 heterocycles. The van der Waals surface area contributed by atoms with Crippen molar-refractivity contribution in [1.82, 2.24) is 0 Å². The van der Waals surface area contributed by atoms with Crippen LogP contribution in [0.5, 0.6) is 0 Å². The van der Waals surface area contributed by atoms with Gasteiger partial charge in [0.2, 0.25) is 0 Å². The Kier molecular flexibility index (Phi) is 5.88. The summed E-state index contributed by atoms with van der Waals surface area (Å²) in [5.41, 5.74) is 2.95. The van der Waals surface area contributed by atoms with Crippen LogP contribution >= 0.6 is 27.5 Å². The first-order chi connectivity index (χ1) is 14.0. The van der Waals surface area contributed by atoms with Crippen molar-refractivity contribution >= 4 is 39.3 Å². The van der Waals surface area contributed by atoms with Crippen LogP contribution in [0.2, 0.25) is 5.02 Å². The van der Waals surface area contributed by atoms with E-state index in [1.54, 1.807) is 29.2 Å². The maximum Gasteiger partial charge on any atom is 0.415 e. The van der Waals surface area contributed by atoms with Gasteiger partial charge in [-0.2, -0.15) is 0 Å². The second kappa shape index (κ2) is 8.56. The lowest BCUT2D eigenvalue weighted by Gasteiger charge is -2.37. The quantitative estimate of drug-likeness (QED) is 0.406. The summed E-state index contributed by atoms with van der Waals surface area (Å²) in [6.45, 7) is 0.140. The van der Waals surface area contributed by atoms with Crippen molar-refractivity contribution in [1.29, 1.82) is 0 Å². The van der Waals surface area contributed by atoms with Crippen LogP contribution in [0.3, 0.4) is 0 Å². The fourth-order valence-electron chi connectivity index (χ4n) is 3.70. The largest absolute Gasteiger partial charge is 0.444 e. The first kappa shape index (κ1) is 19.9. The van der Waals surface area contributed by atoms with Crippen LogP contribution in [-0.4, -0.2) is 6.09 Å². The molecule has 0 bridgehead atoms. The van der Waals surface area contributed by atoms with E-state index in [9.17, 15) is 9.18 Å². The molecule has 0 radical (unpaired) electrons. The summed E-state index contributed by atoms with van der Waals surface area (Å²) in [6.07, 6.45) is 0.725. The van der Waals surface area contributed by atoms with Gasteiger partial charge in [0, 0.05) is 15.1 Å². The zero-order valence-electron chi connectivity index (χ0n) is 15.4. The van der Waals surface area contributed by atoms with E-state index >= 15 is 0 Å². The lowest BCUT2D eigenvalue weighted by molar-refractivity contribution is 0.143. The molecule has 6 heteroatoms. The molecular formula is C23H18BrClFNO2. The zero-order valence-corrected chi connectivity index (χ0v) is 17.8. The Morgan fingerprint density at radius 1 is 1.14 bits per heavy atom. The molecule has 0 saturated carbocycles. The maximum atomic E-state index is 14.6. The average Bonchev–Trinajstić information content (AvgIpc) is 2.72. The van der Waals surface area contributed by atoms with Gasteiger partial charge in [0.1, 0.15) is 12.4 Å². The molecule has 0 fully saturated rings. The number of rotatable bonds is 3. The second-order valence-electron chi connectivity index (χ2n) is 6.88. The van der Waals surface area contributed by atoms with Gasteiger partial charge >= 0.3 is 6.09 Å². The summed E-state index contributed by atoms with van der Waals surface area (Å²) >= 11 is 9.73. The lowest BCUT2D eigenvalue weighted by Crippen LogP contribution is -2.39. The van der Waals surface area contributed by atoms with Crippen molar-refractivity contribution in [2.24, 2.45) is 0 Å². The highest BCUT2D eigenvalue weighted by molar-refractivity contribution is 9.10. The van der Waals surface area contributed by atoms with Gasteiger partial charge < -0.3 is 4.74 Å². The van der Waals surface area contributed by atoms with Crippen LogP contribution in [0.25, 0.3) is 0 Å². The highest BCUT2D eigenvalue weighted by Crippen LogP contribution is 2.44. The third-order valence-electron chi connectivity index (χ3n) is 5.01. The summed E-state index contributed by atoms with van der Waals surface area (Å²) in [7, 11) is 0. The zero-order chi connectivity index (χ0) is 20.4. The number of aryl methyl sites for hydroxylation is 1. The number of anilines is 1. The molecule has 4 rings (SSSR count). The van der Waals surface area contributed by atoms with Crippen LogP contribution in [0, 0.1) is 5.82 Å². The maximum absolute atomic E-state index is 14.6. The molecule has 3 nitrogen and oxygen atoms in total. The van der Waals surface area contributed by atoms with Gasteiger partial charge in [-0.05, 0) is 58.1 Å². The predicted molar refractivity (Wildman–Crippen MR) is 116 cm³/mol. The fourth-order valence-corrected chi connectivity index (χ4v) is 4.77. The van der Waals surface area contributed by atoms with Crippen molar-refractivity contribution in [3.8, 4) is 0 Å². The molecule has 0 spiro atoms. The van der Waals surface area contributed by atoms with Crippen molar-refractivity contribution in [2.75, 3.05) is 4.90 Å². The minimum Gasteiger partial charge on any atom is -0.444 e. The molecular weight excluding hydrogens is 457 g/mol. The minimum atomic E-state index is -0.522. The number of ether oxygens (including phenoxy) is 1. The summed E-state index contributed by atoms with van der Waals surface area (Å²) in [6, 6.07) is 19.1. The highest BCUT2D eigenvalue weighted by atomic mass is 79.9. The van der Waals surface area contributed by atoms with Gasteiger partial charge in [0.25, 0.3) is 0 Å². The molecule has 1 aliphatic heterocycles. The van der Waals surface area contributed by atoms with Crippen molar-refractivity contribution in [3.05, 3.63) is 98.7 Å². The Morgan fingerprint density at radius 3 is 2.62 bits per heavy atom. The Labute approximate surface area is 182 Å². The molecule has 1 aliphatic rings. The van der Waals surface area contributed by atoms with E-state index in [0.717, 1.165) is 11.1 Å². The number of carbonyl (C=O) groups excluding carboxylic acids is 1. The van der Waals surface area contributed by atoms with Crippen molar-refractivity contribution in [2.45, 2.75) is 25.5 Å². The van der Waals surface area contributed by atoms with E-state index in [-0.39, 0.29) is 12.4 Å². The molecule has 1 unspecified atom stereocenters. The van der Waals surface area contributed by atoms with Crippen LogP contribution in [0.4, 0.5) is 14.9 Å². The number of hydrogen-bond acceptors (Lipinski definition) is 2. The predicted octanol–water partition coefficient (Wildman–Crippen LogP) is 7.07. The Hall–Kier alpha value is -2.37. The van der Waals surface area contributed by atoms with Crippen LogP contribution in [0.1, 0.15) is 29.2 Å². The first-order valence-electron chi connectivity index (χ1n) is 9.27. The number of benzene rings is 3. The van der Waals surface area contributed by atoms with Crippen molar-refractivity contribution in [3.63, 3.8) is 0 Å². The van der Waals surface area contributed by atoms with Crippen molar-refractivity contribution < 1.29 is 13.9 Å². The number of halogens is 3. The Morgan fingerprint density at radius 2 is 1.86 bits per heavy atom. The van der Waals surface area contributed by atoms with Gasteiger partial charge in [-0.3, -0.25) is 4.90 Å². The summed E-state index contributed by atoms with van der Waals surface area (Å²) in [5.74, 6) is -0.341. The molecule has 0 N–H and O–H groups in total. The normalized spacial score (nSPS) is 15.7. The van der Waals surface area contributed by atoms with Gasteiger partial charge in [0.05, 0.1) is 11.7 Å². The fraction of sp³-hybridized carbons (Fsp3) is 0.174. The van der Waals surface area contributed by atoms with E-state index in [0.29, 0.717) is 33.6 Å². The van der Waals surface area contributed by atoms with E-state index in [4.69, 9.17) is 16.3 Å². The monoisotopic (exact) mass is 473 g/mol. The molecule has 1 atom stereocenters. The van der Waals surface area contributed by atoms with E-state index in [1.807, 2.05) is 36.4 Å². The Balaban J connectivity index is 1.72. The smallest absolute Gasteiger partial charge is 0.415 e. The summed E-state index contributed by atoms with van der Waals surface area (Å²) in [4.78, 5) is 14.7. The molecule has 3 aromatic rings. The molecule has 1 amide bonds. The number of fused-ring (bicyclic) bond motifs is 1. The molecule has 29 heavy (non-hydrogen) atoms. The van der Waals surface area contributed by atoms with E-state index in [2.05, 4.69) is 15.9 Å². The number of amides is 1. The first-order valence-corrected chi connectivity index (χ1v) is 10.4. The number of nitrogens with zero attached hydrogens (tertiary/aromatic N) is 1. The van der Waals surface area contributed by atoms with Crippen LogP contribution in [-0.2, 0) is 17.8 Å². The molecule has 3 aromatic carbocycles. The standard InChI is InChI=1S/C23H18BrClFNO2/c24-19-13-17(25)12-16-10-11-21(18-8-4-5-9-20(18)26)27(22(16)19)23(28)29-14-15-6-2-1-3-7-15/h1-9,12-13,21H,10-11,14H2. The molecule has 0 aliphatic carbocycles.